The van der Waals surface area contributed by atoms with Gasteiger partial charge in [-0.15, -0.1) is 0 Å². The highest BCUT2D eigenvalue weighted by Crippen LogP contribution is 2.32. The van der Waals surface area contributed by atoms with E-state index in [-0.39, 0.29) is 11.4 Å². The smallest absolute Gasteiger partial charge is 0.141 e. The zero-order valence-corrected chi connectivity index (χ0v) is 22.3. The van der Waals surface area contributed by atoms with Crippen LogP contribution in [-0.4, -0.2) is 65.6 Å². The van der Waals surface area contributed by atoms with E-state index in [0.717, 1.165) is 54.1 Å². The molecule has 1 N–H and O–H groups in total. The third-order valence-electron chi connectivity index (χ3n) is 6.43. The molecule has 0 atom stereocenters. The molecule has 1 saturated heterocycles. The zero-order chi connectivity index (χ0) is 24.3. The Hall–Kier alpha value is -2.30. The lowest BCUT2D eigenvalue weighted by atomic mass is 9.98. The van der Waals surface area contributed by atoms with Crippen LogP contribution >= 0.6 is 22.6 Å². The van der Waals surface area contributed by atoms with Crippen molar-refractivity contribution >= 4 is 51.1 Å². The molecule has 0 aliphatic carbocycles. The molecule has 0 amide bonds. The van der Waals surface area contributed by atoms with Gasteiger partial charge in [-0.2, -0.15) is 0 Å². The van der Waals surface area contributed by atoms with Crippen LogP contribution in [0.4, 0.5) is 15.9 Å². The Balaban J connectivity index is 1.67. The lowest BCUT2D eigenvalue weighted by Gasteiger charge is -2.41. The van der Waals surface area contributed by atoms with Crippen molar-refractivity contribution < 1.29 is 9.13 Å². The predicted octanol–water partition coefficient (Wildman–Crippen LogP) is 5.50. The molecule has 180 valence electrons. The molecule has 34 heavy (non-hydrogen) atoms. The number of likely N-dealkylation sites (N-methyl/N-ethyl adjacent to an activating group) is 1. The van der Waals surface area contributed by atoms with Crippen LogP contribution in [0.2, 0.25) is 0 Å². The zero-order valence-electron chi connectivity index (χ0n) is 20.1. The Kier molecular flexibility index (Phi) is 7.69. The molecular formula is C26H31FIN5O. The molecule has 2 heterocycles. The van der Waals surface area contributed by atoms with Crippen LogP contribution in [0, 0.1) is 5.82 Å². The van der Waals surface area contributed by atoms with E-state index < -0.39 is 0 Å². The summed E-state index contributed by atoms with van der Waals surface area (Å²) in [5, 5.41) is 4.22. The Labute approximate surface area is 214 Å². The van der Waals surface area contributed by atoms with Gasteiger partial charge in [-0.3, -0.25) is 4.90 Å². The first-order valence-electron chi connectivity index (χ1n) is 11.4. The Bertz CT molecular complexity index is 1190. The summed E-state index contributed by atoms with van der Waals surface area (Å²) in [5.41, 5.74) is 3.10. The van der Waals surface area contributed by atoms with Crippen molar-refractivity contribution in [2.24, 2.45) is 0 Å². The van der Waals surface area contributed by atoms with Crippen molar-refractivity contribution in [2.45, 2.75) is 23.8 Å². The van der Waals surface area contributed by atoms with Gasteiger partial charge in [-0.25, -0.2) is 14.4 Å². The number of methoxy groups -OCH3 is 1. The number of nitrogens with one attached hydrogen (secondary N) is 1. The van der Waals surface area contributed by atoms with Gasteiger partial charge in [0.05, 0.1) is 12.6 Å². The summed E-state index contributed by atoms with van der Waals surface area (Å²) < 4.78 is 20.2. The van der Waals surface area contributed by atoms with E-state index in [9.17, 15) is 4.39 Å². The number of ether oxygens (including phenoxy) is 1. The molecular weight excluding hydrogens is 544 g/mol. The number of rotatable bonds is 7. The molecule has 0 radical (unpaired) electrons. The maximum atomic E-state index is 13.9. The van der Waals surface area contributed by atoms with Gasteiger partial charge >= 0.3 is 0 Å². The number of nitrogens with zero attached hydrogens (tertiary/aromatic N) is 4. The highest BCUT2D eigenvalue weighted by atomic mass is 127. The number of aromatic nitrogens is 2. The molecule has 1 fully saturated rings. The first-order valence-corrected chi connectivity index (χ1v) is 12.9. The fraction of sp³-hybridized carbons (Fsp3) is 0.385. The Morgan fingerprint density at radius 3 is 2.62 bits per heavy atom. The van der Waals surface area contributed by atoms with Gasteiger partial charge in [0.2, 0.25) is 0 Å². The van der Waals surface area contributed by atoms with Gasteiger partial charge in [0.25, 0.3) is 0 Å². The van der Waals surface area contributed by atoms with Gasteiger partial charge in [0.1, 0.15) is 23.7 Å². The quantitative estimate of drug-likeness (QED) is 0.297. The first kappa shape index (κ1) is 24.8. The summed E-state index contributed by atoms with van der Waals surface area (Å²) in [4.78, 5) is 13.8. The van der Waals surface area contributed by atoms with E-state index in [2.05, 4.69) is 86.8 Å². The summed E-state index contributed by atoms with van der Waals surface area (Å²) in [7, 11) is 3.84. The van der Waals surface area contributed by atoms with Crippen LogP contribution in [-0.2, 0) is 4.43 Å². The molecule has 0 saturated carbocycles. The second-order valence-corrected chi connectivity index (χ2v) is 9.94. The van der Waals surface area contributed by atoms with Crippen molar-refractivity contribution in [3.63, 3.8) is 0 Å². The largest absolute Gasteiger partial charge is 0.496 e. The summed E-state index contributed by atoms with van der Waals surface area (Å²) in [5.74, 6) is 1.23. The number of piperazine rings is 1. The average molecular weight is 575 g/mol. The van der Waals surface area contributed by atoms with Crippen molar-refractivity contribution in [1.82, 2.24) is 19.8 Å². The van der Waals surface area contributed by atoms with Gasteiger partial charge in [-0.1, -0.05) is 34.7 Å². The third kappa shape index (κ3) is 5.50. The van der Waals surface area contributed by atoms with E-state index in [4.69, 9.17) is 4.74 Å². The Morgan fingerprint density at radius 1 is 1.15 bits per heavy atom. The van der Waals surface area contributed by atoms with Crippen molar-refractivity contribution in [2.75, 3.05) is 45.7 Å². The van der Waals surface area contributed by atoms with Crippen molar-refractivity contribution in [3.05, 3.63) is 59.7 Å². The minimum atomic E-state index is -0.201. The molecule has 0 unspecified atom stereocenters. The van der Waals surface area contributed by atoms with E-state index in [0.29, 0.717) is 15.8 Å². The molecule has 0 spiro atoms. The van der Waals surface area contributed by atoms with Gasteiger partial charge in [0, 0.05) is 58.8 Å². The van der Waals surface area contributed by atoms with Gasteiger partial charge in [-0.05, 0) is 50.7 Å². The molecule has 8 heteroatoms. The van der Waals surface area contributed by atoms with Crippen molar-refractivity contribution in [1.29, 1.82) is 0 Å². The lowest BCUT2D eigenvalue weighted by Crippen LogP contribution is -2.52. The normalized spacial score (nSPS) is 15.8. The summed E-state index contributed by atoms with van der Waals surface area (Å²) in [6, 6.07) is 9.01. The highest BCUT2D eigenvalue weighted by Gasteiger charge is 2.26. The van der Waals surface area contributed by atoms with Crippen LogP contribution < -0.4 is 10.1 Å². The molecule has 1 aliphatic rings. The average Bonchev–Trinajstić information content (AvgIpc) is 2.84. The summed E-state index contributed by atoms with van der Waals surface area (Å²) in [6.45, 7) is 8.73. The topological polar surface area (TPSA) is 53.5 Å². The highest BCUT2D eigenvalue weighted by molar-refractivity contribution is 14.1. The molecule has 2 aromatic carbocycles. The second-order valence-electron chi connectivity index (χ2n) is 9.18. The predicted molar refractivity (Wildman–Crippen MR) is 146 cm³/mol. The van der Waals surface area contributed by atoms with E-state index in [1.807, 2.05) is 12.1 Å². The van der Waals surface area contributed by atoms with Crippen molar-refractivity contribution in [3.8, 4) is 5.75 Å². The fourth-order valence-corrected chi connectivity index (χ4v) is 4.77. The van der Waals surface area contributed by atoms with E-state index in [1.54, 1.807) is 13.2 Å². The monoisotopic (exact) mass is 575 g/mol. The minimum absolute atomic E-state index is 0.0839. The number of anilines is 2. The molecule has 3 aromatic rings. The number of alkyl halides is 1. The molecule has 6 nitrogen and oxygen atoms in total. The molecule has 1 aliphatic heterocycles. The fourth-order valence-electron chi connectivity index (χ4n) is 4.18. The van der Waals surface area contributed by atoms with Crippen LogP contribution in [0.15, 0.2) is 42.7 Å². The lowest BCUT2D eigenvalue weighted by molar-refractivity contribution is 0.0900. The maximum absolute atomic E-state index is 13.9. The molecule has 4 rings (SSSR count). The first-order chi connectivity index (χ1) is 16.3. The summed E-state index contributed by atoms with van der Waals surface area (Å²) in [6.07, 6.45) is 5.89. The number of halogens is 2. The number of hydrogen-bond acceptors (Lipinski definition) is 6. The Morgan fingerprint density at radius 2 is 1.91 bits per heavy atom. The van der Waals surface area contributed by atoms with Crippen LogP contribution in [0.25, 0.3) is 17.0 Å². The van der Waals surface area contributed by atoms with Gasteiger partial charge < -0.3 is 15.0 Å². The van der Waals surface area contributed by atoms with E-state index >= 15 is 0 Å². The van der Waals surface area contributed by atoms with Crippen LogP contribution in [0.3, 0.4) is 0 Å². The third-order valence-corrected chi connectivity index (χ3v) is 7.25. The standard InChI is InChI=1S/C26H31FIN5O/c1-26(2,33-11-9-32(3)10-12-33)8-7-18-14-21-23(15-24(18)34-4)29-17-30-25(21)31-20-5-6-22(27)19(13-20)16-28/h5-8,13-15,17H,9-12,16H2,1-4H3,(H,29,30,31)/b8-7+. The molecule has 1 aromatic heterocycles. The summed E-state index contributed by atoms with van der Waals surface area (Å²) >= 11 is 2.16. The number of hydrogen-bond donors (Lipinski definition) is 1. The second kappa shape index (κ2) is 10.5. The number of fused-ring (bicyclic) bond motifs is 1. The maximum Gasteiger partial charge on any atom is 0.141 e. The van der Waals surface area contributed by atoms with E-state index in [1.165, 1.54) is 12.4 Å². The molecule has 0 bridgehead atoms. The minimum Gasteiger partial charge on any atom is -0.496 e. The SMILES string of the molecule is COc1cc2ncnc(Nc3ccc(F)c(CI)c3)c2cc1/C=C/C(C)(C)N1CCN(C)CC1. The number of benzene rings is 2. The van der Waals surface area contributed by atoms with Gasteiger partial charge in [0.15, 0.2) is 0 Å². The van der Waals surface area contributed by atoms with Crippen LogP contribution in [0.5, 0.6) is 5.75 Å². The van der Waals surface area contributed by atoms with Crippen LogP contribution in [0.1, 0.15) is 25.0 Å².